The number of ether oxygens (including phenoxy) is 1. The molecule has 0 saturated heterocycles. The van der Waals surface area contributed by atoms with Crippen LogP contribution in [0.5, 0.6) is 5.75 Å². The van der Waals surface area contributed by atoms with Crippen LogP contribution in [0.2, 0.25) is 0 Å². The van der Waals surface area contributed by atoms with Gasteiger partial charge in [-0.1, -0.05) is 18.2 Å². The molecule has 6 rings (SSSR count). The number of aromatic nitrogens is 1. The van der Waals surface area contributed by atoms with Crippen LogP contribution in [-0.4, -0.2) is 35.0 Å². The van der Waals surface area contributed by atoms with Crippen molar-refractivity contribution in [2.75, 3.05) is 12.0 Å². The number of nitrogens with zero attached hydrogens (tertiary/aromatic N) is 2. The lowest BCUT2D eigenvalue weighted by molar-refractivity contribution is -0.137. The van der Waals surface area contributed by atoms with Crippen molar-refractivity contribution in [3.05, 3.63) is 101 Å². The minimum absolute atomic E-state index is 0.0232. The molecule has 0 radical (unpaired) electrons. The van der Waals surface area contributed by atoms with Crippen LogP contribution in [0.25, 0.3) is 33.7 Å². The van der Waals surface area contributed by atoms with Crippen LogP contribution in [0.4, 0.5) is 18.9 Å². The van der Waals surface area contributed by atoms with Gasteiger partial charge >= 0.3 is 12.1 Å². The Morgan fingerprint density at radius 1 is 0.854 bits per heavy atom. The molecule has 11 heteroatoms. The van der Waals surface area contributed by atoms with Gasteiger partial charge in [-0.05, 0) is 71.8 Å². The van der Waals surface area contributed by atoms with Crippen LogP contribution < -0.4 is 9.64 Å². The predicted octanol–water partition coefficient (Wildman–Crippen LogP) is 6.69. The molecule has 2 amide bonds. The Hall–Kier alpha value is -5.45. The van der Waals surface area contributed by atoms with Crippen LogP contribution >= 0.6 is 0 Å². The van der Waals surface area contributed by atoms with Gasteiger partial charge in [0.1, 0.15) is 11.3 Å². The van der Waals surface area contributed by atoms with Gasteiger partial charge in [-0.3, -0.25) is 9.59 Å². The zero-order chi connectivity index (χ0) is 29.1. The van der Waals surface area contributed by atoms with Gasteiger partial charge in [-0.15, -0.1) is 0 Å². The van der Waals surface area contributed by atoms with Crippen LogP contribution in [-0.2, 0) is 6.18 Å². The van der Waals surface area contributed by atoms with Gasteiger partial charge < -0.3 is 14.3 Å². The monoisotopic (exact) mass is 558 g/mol. The molecule has 1 N–H and O–H groups in total. The zero-order valence-corrected chi connectivity index (χ0v) is 21.0. The van der Waals surface area contributed by atoms with Crippen molar-refractivity contribution in [1.29, 1.82) is 0 Å². The molecule has 0 atom stereocenters. The maximum Gasteiger partial charge on any atom is 0.416 e. The molecule has 5 aromatic rings. The second-order valence-corrected chi connectivity index (χ2v) is 9.17. The number of carbonyl (C=O) groups excluding carboxylic acids is 2. The van der Waals surface area contributed by atoms with Crippen molar-refractivity contribution in [2.24, 2.45) is 0 Å². The van der Waals surface area contributed by atoms with Gasteiger partial charge in [0.05, 0.1) is 40.6 Å². The lowest BCUT2D eigenvalue weighted by atomic mass is 10.0. The quantitative estimate of drug-likeness (QED) is 0.239. The number of fused-ring (bicyclic) bond motifs is 2. The summed E-state index contributed by atoms with van der Waals surface area (Å²) in [5.74, 6) is -2.06. The van der Waals surface area contributed by atoms with Gasteiger partial charge in [-0.2, -0.15) is 13.2 Å². The molecule has 204 valence electrons. The molecule has 0 unspecified atom stereocenters. The summed E-state index contributed by atoms with van der Waals surface area (Å²) >= 11 is 0. The standard InChI is InChI=1S/C30H17F3N2O6/c1-40-24-11-8-19(35-27(36)20-9-4-17(29(38)39)12-21(20)28(35)37)14-22(24)26-34-23-13-16(5-10-25(23)41-26)15-2-6-18(7-3-15)30(31,32)33/h2-14H,1H3,(H,38,39). The Bertz CT molecular complexity index is 1890. The highest BCUT2D eigenvalue weighted by atomic mass is 19.4. The molecule has 0 bridgehead atoms. The van der Waals surface area contributed by atoms with Gasteiger partial charge in [0.25, 0.3) is 11.8 Å². The van der Waals surface area contributed by atoms with E-state index in [1.165, 1.54) is 43.5 Å². The van der Waals surface area contributed by atoms with Gasteiger partial charge in [0, 0.05) is 0 Å². The van der Waals surface area contributed by atoms with E-state index in [0.29, 0.717) is 33.5 Å². The lowest BCUT2D eigenvalue weighted by Gasteiger charge is -2.16. The number of carbonyl (C=O) groups is 3. The Labute approximate surface area is 229 Å². The van der Waals surface area contributed by atoms with Gasteiger partial charge in [0.2, 0.25) is 5.89 Å². The molecule has 41 heavy (non-hydrogen) atoms. The molecule has 1 aliphatic heterocycles. The highest BCUT2D eigenvalue weighted by Crippen LogP contribution is 2.38. The summed E-state index contributed by atoms with van der Waals surface area (Å²) in [5.41, 5.74) is 1.70. The topological polar surface area (TPSA) is 110 Å². The summed E-state index contributed by atoms with van der Waals surface area (Å²) in [6.07, 6.45) is -4.44. The number of amides is 2. The zero-order valence-electron chi connectivity index (χ0n) is 21.0. The first kappa shape index (κ1) is 25.8. The highest BCUT2D eigenvalue weighted by molar-refractivity contribution is 6.34. The highest BCUT2D eigenvalue weighted by Gasteiger charge is 2.38. The van der Waals surface area contributed by atoms with Crippen molar-refractivity contribution < 1.29 is 41.8 Å². The Morgan fingerprint density at radius 3 is 2.24 bits per heavy atom. The van der Waals surface area contributed by atoms with Crippen LogP contribution in [0.3, 0.4) is 0 Å². The van der Waals surface area contributed by atoms with Gasteiger partial charge in [0.15, 0.2) is 5.58 Å². The number of aromatic carboxylic acids is 1. The molecule has 1 aromatic heterocycles. The third kappa shape index (κ3) is 4.37. The van der Waals surface area contributed by atoms with E-state index in [-0.39, 0.29) is 28.3 Å². The van der Waals surface area contributed by atoms with Crippen molar-refractivity contribution >= 4 is 34.6 Å². The van der Waals surface area contributed by atoms with E-state index in [2.05, 4.69) is 4.98 Å². The minimum Gasteiger partial charge on any atom is -0.496 e. The number of halogens is 3. The van der Waals surface area contributed by atoms with Crippen molar-refractivity contribution in [3.63, 3.8) is 0 Å². The first-order chi connectivity index (χ1) is 19.5. The molecule has 0 aliphatic carbocycles. The Morgan fingerprint density at radius 2 is 1.56 bits per heavy atom. The number of methoxy groups -OCH3 is 1. The Balaban J connectivity index is 1.37. The Kier molecular flexibility index (Phi) is 5.88. The first-order valence-corrected chi connectivity index (χ1v) is 12.1. The van der Waals surface area contributed by atoms with Crippen LogP contribution in [0, 0.1) is 0 Å². The summed E-state index contributed by atoms with van der Waals surface area (Å²) in [7, 11) is 1.43. The maximum absolute atomic E-state index is 13.2. The number of rotatable bonds is 5. The number of carboxylic acids is 1. The average molecular weight is 558 g/mol. The normalized spacial score (nSPS) is 13.1. The van der Waals surface area contributed by atoms with E-state index in [0.717, 1.165) is 23.1 Å². The number of hydrogen-bond acceptors (Lipinski definition) is 6. The minimum atomic E-state index is -4.44. The molecule has 2 heterocycles. The summed E-state index contributed by atoms with van der Waals surface area (Å²) in [4.78, 5) is 43.1. The number of benzene rings is 4. The second kappa shape index (κ2) is 9.33. The molecule has 0 fully saturated rings. The summed E-state index contributed by atoms with van der Waals surface area (Å²) < 4.78 is 50.2. The second-order valence-electron chi connectivity index (χ2n) is 9.17. The molecule has 0 saturated carbocycles. The summed E-state index contributed by atoms with van der Waals surface area (Å²) in [6.45, 7) is 0. The largest absolute Gasteiger partial charge is 0.496 e. The van der Waals surface area contributed by atoms with E-state index < -0.39 is 29.5 Å². The predicted molar refractivity (Wildman–Crippen MR) is 141 cm³/mol. The maximum atomic E-state index is 13.2. The third-order valence-electron chi connectivity index (χ3n) is 6.74. The van der Waals surface area contributed by atoms with Crippen LogP contribution in [0.1, 0.15) is 36.6 Å². The first-order valence-electron chi connectivity index (χ1n) is 12.1. The summed E-state index contributed by atoms with van der Waals surface area (Å²) in [5, 5.41) is 9.27. The van der Waals surface area contributed by atoms with E-state index >= 15 is 0 Å². The molecular formula is C30H17F3N2O6. The van der Waals surface area contributed by atoms with E-state index in [1.54, 1.807) is 24.3 Å². The molecule has 1 aliphatic rings. The number of carboxylic acid groups (broad SMARTS) is 1. The van der Waals surface area contributed by atoms with Crippen molar-refractivity contribution in [1.82, 2.24) is 4.98 Å². The number of anilines is 1. The average Bonchev–Trinajstić information content (AvgIpc) is 3.50. The molecular weight excluding hydrogens is 541 g/mol. The SMILES string of the molecule is COc1ccc(N2C(=O)c3ccc(C(=O)O)cc3C2=O)cc1-c1nc2cc(-c3ccc(C(F)(F)F)cc3)ccc2o1. The molecule has 0 spiro atoms. The van der Waals surface area contributed by atoms with Gasteiger partial charge in [-0.25, -0.2) is 14.7 Å². The molecule has 8 nitrogen and oxygen atoms in total. The smallest absolute Gasteiger partial charge is 0.416 e. The van der Waals surface area contributed by atoms with Crippen molar-refractivity contribution in [2.45, 2.75) is 6.18 Å². The third-order valence-corrected chi connectivity index (χ3v) is 6.74. The number of hydrogen-bond donors (Lipinski definition) is 1. The van der Waals surface area contributed by atoms with E-state index in [9.17, 15) is 32.7 Å². The number of imide groups is 1. The number of oxazole rings is 1. The van der Waals surface area contributed by atoms with Crippen LogP contribution in [0.15, 0.2) is 83.3 Å². The number of alkyl halides is 3. The summed E-state index contributed by atoms with van der Waals surface area (Å²) in [6, 6.07) is 18.0. The van der Waals surface area contributed by atoms with Crippen molar-refractivity contribution in [3.8, 4) is 28.3 Å². The van der Waals surface area contributed by atoms with E-state index in [4.69, 9.17) is 9.15 Å². The molecule has 4 aromatic carbocycles. The lowest BCUT2D eigenvalue weighted by Crippen LogP contribution is -2.29. The fourth-order valence-electron chi connectivity index (χ4n) is 4.68. The van der Waals surface area contributed by atoms with E-state index in [1.807, 2.05) is 0 Å². The fourth-order valence-corrected chi connectivity index (χ4v) is 4.68. The fraction of sp³-hybridized carbons (Fsp3) is 0.0667.